The van der Waals surface area contributed by atoms with Crippen molar-refractivity contribution >= 4 is 23.0 Å². The van der Waals surface area contributed by atoms with Gasteiger partial charge in [-0.25, -0.2) is 4.98 Å². The molecule has 2 rings (SSSR count). The number of hydrogen-bond acceptors (Lipinski definition) is 7. The van der Waals surface area contributed by atoms with Crippen LogP contribution in [0, 0.1) is 21.4 Å². The van der Waals surface area contributed by atoms with Gasteiger partial charge in [-0.05, 0) is 28.8 Å². The van der Waals surface area contributed by atoms with Crippen LogP contribution in [0.25, 0.3) is 0 Å². The van der Waals surface area contributed by atoms with Crippen LogP contribution in [0.4, 0.5) is 11.6 Å². The molecule has 0 spiro atoms. The zero-order valence-electron chi connectivity index (χ0n) is 10.1. The third kappa shape index (κ3) is 2.65. The van der Waals surface area contributed by atoms with Gasteiger partial charge >= 0.3 is 11.2 Å². The number of nitrogens with two attached hydrogens (primary N) is 1. The van der Waals surface area contributed by atoms with Gasteiger partial charge in [-0.15, -0.1) is 0 Å². The molecule has 0 amide bonds. The van der Waals surface area contributed by atoms with Gasteiger partial charge in [-0.2, -0.15) is 16.6 Å². The number of nitriles is 1. The van der Waals surface area contributed by atoms with Gasteiger partial charge in [-0.3, -0.25) is 19.9 Å². The SMILES string of the molecule is N#[14C]C(Cc1ccsc1)c1nc(N)[nH]c(=O)c1[N+](=O)[O-]. The van der Waals surface area contributed by atoms with Crippen molar-refractivity contribution in [1.29, 1.82) is 5.26 Å². The van der Waals surface area contributed by atoms with Gasteiger partial charge < -0.3 is 5.73 Å². The number of nitro groups is 1. The summed E-state index contributed by atoms with van der Waals surface area (Å²) in [7, 11) is 0. The Balaban J connectivity index is 2.52. The van der Waals surface area contributed by atoms with E-state index in [2.05, 4.69) is 9.97 Å². The zero-order chi connectivity index (χ0) is 14.7. The molecule has 20 heavy (non-hydrogen) atoms. The average molecular weight is 293 g/mol. The fourth-order valence-corrected chi connectivity index (χ4v) is 2.45. The molecule has 2 heterocycles. The topological polar surface area (TPSA) is 139 Å². The quantitative estimate of drug-likeness (QED) is 0.640. The number of nitrogen functional groups attached to an aromatic ring is 1. The molecule has 3 N–H and O–H groups in total. The Bertz CT molecular complexity index is 732. The number of anilines is 1. The summed E-state index contributed by atoms with van der Waals surface area (Å²) >= 11 is 1.45. The lowest BCUT2D eigenvalue weighted by Crippen LogP contribution is -2.20. The standard InChI is InChI=1S/C11H9N5O3S/c12-4-7(3-6-1-2-20-5-6)8-9(16(18)19)10(17)15-11(13)14-8/h1-2,5,7H,3H2,(H3,13,14,15,17)/i4+2. The fraction of sp³-hybridized carbons (Fsp3) is 0.182. The molecule has 2 aromatic rings. The van der Waals surface area contributed by atoms with E-state index in [9.17, 15) is 20.2 Å². The first-order valence-electron chi connectivity index (χ1n) is 5.47. The molecule has 2 aromatic heterocycles. The number of hydrogen-bond donors (Lipinski definition) is 2. The third-order valence-corrected chi connectivity index (χ3v) is 3.36. The van der Waals surface area contributed by atoms with Gasteiger partial charge in [0.2, 0.25) is 5.95 Å². The molecule has 0 saturated carbocycles. The Morgan fingerprint density at radius 1 is 1.65 bits per heavy atom. The lowest BCUT2D eigenvalue weighted by Gasteiger charge is -2.08. The number of nitrogens with one attached hydrogen (secondary N) is 1. The number of aromatic amines is 1. The fourth-order valence-electron chi connectivity index (χ4n) is 1.77. The molecule has 0 radical (unpaired) electrons. The van der Waals surface area contributed by atoms with E-state index >= 15 is 0 Å². The van der Waals surface area contributed by atoms with Crippen molar-refractivity contribution in [2.45, 2.75) is 12.3 Å². The molecule has 0 bridgehead atoms. The Labute approximate surface area is 116 Å². The molecule has 0 saturated heterocycles. The minimum absolute atomic E-state index is 0.204. The Kier molecular flexibility index (Phi) is 3.76. The van der Waals surface area contributed by atoms with Crippen molar-refractivity contribution in [2.75, 3.05) is 5.73 Å². The minimum Gasteiger partial charge on any atom is -0.369 e. The maximum atomic E-state index is 11.6. The Morgan fingerprint density at radius 3 is 2.95 bits per heavy atom. The van der Waals surface area contributed by atoms with E-state index in [4.69, 9.17) is 5.73 Å². The van der Waals surface area contributed by atoms with Crippen LogP contribution in [0.1, 0.15) is 17.2 Å². The molecule has 102 valence electrons. The average Bonchev–Trinajstić information content (AvgIpc) is 2.87. The molecular weight excluding hydrogens is 284 g/mol. The molecule has 0 aliphatic carbocycles. The summed E-state index contributed by atoms with van der Waals surface area (Å²) in [4.78, 5) is 27.6. The van der Waals surface area contributed by atoms with Crippen LogP contribution in [0.2, 0.25) is 0 Å². The van der Waals surface area contributed by atoms with E-state index in [-0.39, 0.29) is 18.1 Å². The van der Waals surface area contributed by atoms with Crippen LogP contribution < -0.4 is 11.3 Å². The molecule has 1 atom stereocenters. The molecule has 0 aliphatic heterocycles. The molecule has 1 unspecified atom stereocenters. The molecule has 0 fully saturated rings. The normalized spacial score (nSPS) is 11.8. The van der Waals surface area contributed by atoms with Crippen LogP contribution in [-0.4, -0.2) is 14.9 Å². The smallest absolute Gasteiger partial charge is 0.356 e. The van der Waals surface area contributed by atoms with Crippen LogP contribution in [0.15, 0.2) is 21.6 Å². The molecule has 9 heteroatoms. The zero-order valence-corrected chi connectivity index (χ0v) is 10.9. The Hall–Kier alpha value is -2.73. The van der Waals surface area contributed by atoms with E-state index in [1.165, 1.54) is 11.3 Å². The van der Waals surface area contributed by atoms with Crippen LogP contribution in [0.3, 0.4) is 0 Å². The van der Waals surface area contributed by atoms with Crippen LogP contribution in [-0.2, 0) is 6.42 Å². The molecule has 0 aliphatic rings. The highest BCUT2D eigenvalue weighted by Crippen LogP contribution is 2.25. The summed E-state index contributed by atoms with van der Waals surface area (Å²) in [6.45, 7) is 0. The van der Waals surface area contributed by atoms with E-state index in [1.807, 2.05) is 16.8 Å². The van der Waals surface area contributed by atoms with Gasteiger partial charge in [0.15, 0.2) is 0 Å². The summed E-state index contributed by atoms with van der Waals surface area (Å²) in [6.07, 6.45) is 0.233. The molecular formula is C11H9N5O3S. The number of aromatic nitrogens is 2. The number of H-pyrrole nitrogens is 1. The summed E-state index contributed by atoms with van der Waals surface area (Å²) in [5.41, 5.74) is 4.35. The highest BCUT2D eigenvalue weighted by molar-refractivity contribution is 7.07. The number of nitrogens with zero attached hydrogens (tertiary/aromatic N) is 3. The minimum atomic E-state index is -0.955. The van der Waals surface area contributed by atoms with Gasteiger partial charge in [0.1, 0.15) is 5.69 Å². The van der Waals surface area contributed by atoms with E-state index < -0.39 is 22.1 Å². The lowest BCUT2D eigenvalue weighted by atomic mass is 10.1. The number of rotatable bonds is 4. The van der Waals surface area contributed by atoms with E-state index in [1.54, 1.807) is 6.07 Å². The number of thiophene rings is 1. The monoisotopic (exact) mass is 293 g/mol. The van der Waals surface area contributed by atoms with Crippen LogP contribution in [0.5, 0.6) is 0 Å². The summed E-state index contributed by atoms with van der Waals surface area (Å²) < 4.78 is 0. The van der Waals surface area contributed by atoms with Crippen molar-refractivity contribution in [2.24, 2.45) is 0 Å². The van der Waals surface area contributed by atoms with Crippen molar-refractivity contribution in [1.82, 2.24) is 9.97 Å². The van der Waals surface area contributed by atoms with Gasteiger partial charge in [0, 0.05) is 0 Å². The van der Waals surface area contributed by atoms with Crippen molar-refractivity contribution in [3.8, 4) is 6.07 Å². The maximum absolute atomic E-state index is 11.6. The first-order valence-corrected chi connectivity index (χ1v) is 6.42. The molecule has 0 aromatic carbocycles. The Morgan fingerprint density at radius 2 is 2.40 bits per heavy atom. The van der Waals surface area contributed by atoms with Gasteiger partial charge in [-0.1, -0.05) is 0 Å². The third-order valence-electron chi connectivity index (χ3n) is 2.63. The summed E-state index contributed by atoms with van der Waals surface area (Å²) in [5, 5.41) is 23.8. The van der Waals surface area contributed by atoms with Crippen molar-refractivity contribution < 1.29 is 4.92 Å². The maximum Gasteiger partial charge on any atom is 0.356 e. The highest BCUT2D eigenvalue weighted by Gasteiger charge is 2.28. The summed E-state index contributed by atoms with van der Waals surface area (Å²) in [5.74, 6) is -1.16. The molecule has 8 nitrogen and oxygen atoms in total. The second-order valence-electron chi connectivity index (χ2n) is 3.96. The highest BCUT2D eigenvalue weighted by atomic mass is 32.1. The second-order valence-corrected chi connectivity index (χ2v) is 4.74. The second kappa shape index (κ2) is 5.50. The largest absolute Gasteiger partial charge is 0.369 e. The lowest BCUT2D eigenvalue weighted by molar-refractivity contribution is -0.387. The predicted octanol–water partition coefficient (Wildman–Crippen LogP) is 1.17. The van der Waals surface area contributed by atoms with Gasteiger partial charge in [0.05, 0.1) is 16.9 Å². The van der Waals surface area contributed by atoms with E-state index in [0.29, 0.717) is 0 Å². The van der Waals surface area contributed by atoms with Crippen LogP contribution >= 0.6 is 11.3 Å². The first kappa shape index (κ1) is 13.7. The van der Waals surface area contributed by atoms with Crippen molar-refractivity contribution in [3.05, 3.63) is 48.6 Å². The van der Waals surface area contributed by atoms with E-state index in [0.717, 1.165) is 5.56 Å². The first-order chi connectivity index (χ1) is 9.52. The van der Waals surface area contributed by atoms with Crippen molar-refractivity contribution in [3.63, 3.8) is 0 Å². The van der Waals surface area contributed by atoms with Gasteiger partial charge in [0.25, 0.3) is 0 Å². The predicted molar refractivity (Wildman–Crippen MR) is 72.3 cm³/mol. The summed E-state index contributed by atoms with van der Waals surface area (Å²) in [6, 6.07) is 3.74.